The zero-order valence-electron chi connectivity index (χ0n) is 9.66. The standard InChI is InChI=1S/C11H8F3IN2O2/c1-6-9-7(3-2-4-8(9)17(18)19)16(10(6)15)5-11(12,13)14/h2-4H,5H2,1H3. The predicted molar refractivity (Wildman–Crippen MR) is 72.1 cm³/mol. The molecule has 1 aromatic heterocycles. The molecule has 0 radical (unpaired) electrons. The van der Waals surface area contributed by atoms with E-state index < -0.39 is 17.6 Å². The van der Waals surface area contributed by atoms with Gasteiger partial charge >= 0.3 is 6.18 Å². The fraction of sp³-hybridized carbons (Fsp3) is 0.273. The van der Waals surface area contributed by atoms with Crippen LogP contribution in [0, 0.1) is 20.7 Å². The Balaban J connectivity index is 2.77. The number of aryl methyl sites for hydroxylation is 1. The summed E-state index contributed by atoms with van der Waals surface area (Å²) in [5, 5.41) is 11.2. The molecule has 0 fully saturated rings. The Morgan fingerprint density at radius 1 is 1.42 bits per heavy atom. The van der Waals surface area contributed by atoms with Crippen LogP contribution in [0.3, 0.4) is 0 Å². The first-order valence-corrected chi connectivity index (χ1v) is 6.28. The van der Waals surface area contributed by atoms with Gasteiger partial charge in [-0.1, -0.05) is 6.07 Å². The number of alkyl halides is 3. The van der Waals surface area contributed by atoms with Gasteiger partial charge in [0.25, 0.3) is 5.69 Å². The lowest BCUT2D eigenvalue weighted by Gasteiger charge is -2.10. The number of benzene rings is 1. The lowest BCUT2D eigenvalue weighted by Crippen LogP contribution is -2.18. The molecule has 0 N–H and O–H groups in total. The Morgan fingerprint density at radius 3 is 2.58 bits per heavy atom. The minimum atomic E-state index is -4.37. The van der Waals surface area contributed by atoms with Crippen LogP contribution in [0.25, 0.3) is 10.9 Å². The van der Waals surface area contributed by atoms with E-state index in [9.17, 15) is 23.3 Å². The van der Waals surface area contributed by atoms with Gasteiger partial charge in [-0.3, -0.25) is 10.1 Å². The van der Waals surface area contributed by atoms with Crippen LogP contribution in [0.4, 0.5) is 18.9 Å². The molecular formula is C11H8F3IN2O2. The first kappa shape index (κ1) is 14.1. The van der Waals surface area contributed by atoms with Gasteiger partial charge in [0.15, 0.2) is 0 Å². The Labute approximate surface area is 119 Å². The Morgan fingerprint density at radius 2 is 2.05 bits per heavy atom. The molecule has 102 valence electrons. The number of rotatable bonds is 2. The second-order valence-electron chi connectivity index (χ2n) is 4.05. The monoisotopic (exact) mass is 384 g/mol. The summed E-state index contributed by atoms with van der Waals surface area (Å²) in [6, 6.07) is 4.15. The number of aromatic nitrogens is 1. The quantitative estimate of drug-likeness (QED) is 0.446. The van der Waals surface area contributed by atoms with Crippen molar-refractivity contribution in [2.24, 2.45) is 0 Å². The molecule has 2 aromatic rings. The molecule has 0 aliphatic rings. The van der Waals surface area contributed by atoms with Crippen LogP contribution in [-0.4, -0.2) is 15.7 Å². The molecular weight excluding hydrogens is 376 g/mol. The zero-order chi connectivity index (χ0) is 14.4. The van der Waals surface area contributed by atoms with Gasteiger partial charge in [0.05, 0.1) is 19.5 Å². The molecule has 2 rings (SSSR count). The molecule has 1 heterocycles. The largest absolute Gasteiger partial charge is 0.406 e. The van der Waals surface area contributed by atoms with Gasteiger partial charge in [0, 0.05) is 6.07 Å². The Bertz CT molecular complexity index is 664. The molecule has 1 aromatic carbocycles. The second kappa shape index (κ2) is 4.66. The van der Waals surface area contributed by atoms with E-state index in [-0.39, 0.29) is 16.6 Å². The SMILES string of the molecule is Cc1c(I)n(CC(F)(F)F)c2cccc([N+](=O)[O-])c12. The van der Waals surface area contributed by atoms with E-state index in [0.29, 0.717) is 9.26 Å². The third-order valence-corrected chi connectivity index (χ3v) is 4.16. The fourth-order valence-electron chi connectivity index (χ4n) is 2.03. The molecule has 8 heteroatoms. The van der Waals surface area contributed by atoms with Crippen molar-refractivity contribution in [3.05, 3.63) is 37.6 Å². The summed E-state index contributed by atoms with van der Waals surface area (Å²) in [6.07, 6.45) is -4.37. The molecule has 0 saturated heterocycles. The first-order valence-electron chi connectivity index (χ1n) is 5.21. The van der Waals surface area contributed by atoms with Crippen molar-refractivity contribution in [2.75, 3.05) is 0 Å². The van der Waals surface area contributed by atoms with Crippen molar-refractivity contribution in [3.8, 4) is 0 Å². The molecule has 0 saturated carbocycles. The normalized spacial score (nSPS) is 12.1. The smallest absolute Gasteiger partial charge is 0.326 e. The average Bonchev–Trinajstić information content (AvgIpc) is 2.53. The molecule has 4 nitrogen and oxygen atoms in total. The van der Waals surface area contributed by atoms with E-state index in [4.69, 9.17) is 0 Å². The van der Waals surface area contributed by atoms with Crippen molar-refractivity contribution in [1.82, 2.24) is 4.57 Å². The van der Waals surface area contributed by atoms with Crippen molar-refractivity contribution in [3.63, 3.8) is 0 Å². The summed E-state index contributed by atoms with van der Waals surface area (Å²) >= 11 is 1.78. The van der Waals surface area contributed by atoms with Crippen LogP contribution in [-0.2, 0) is 6.54 Å². The van der Waals surface area contributed by atoms with E-state index in [1.165, 1.54) is 18.2 Å². The summed E-state index contributed by atoms with van der Waals surface area (Å²) < 4.78 is 39.1. The lowest BCUT2D eigenvalue weighted by molar-refractivity contribution is -0.383. The van der Waals surface area contributed by atoms with Gasteiger partial charge in [-0.25, -0.2) is 0 Å². The van der Waals surface area contributed by atoms with Crippen molar-refractivity contribution in [1.29, 1.82) is 0 Å². The highest BCUT2D eigenvalue weighted by atomic mass is 127. The van der Waals surface area contributed by atoms with Gasteiger partial charge in [-0.15, -0.1) is 0 Å². The topological polar surface area (TPSA) is 48.1 Å². The Hall–Kier alpha value is -1.32. The maximum absolute atomic E-state index is 12.6. The summed E-state index contributed by atoms with van der Waals surface area (Å²) in [6.45, 7) is 0.431. The number of fused-ring (bicyclic) bond motifs is 1. The number of nitro benzene ring substituents is 1. The third-order valence-electron chi connectivity index (χ3n) is 2.77. The predicted octanol–water partition coefficient (Wildman–Crippen LogP) is 4.02. The number of hydrogen-bond donors (Lipinski definition) is 0. The van der Waals surface area contributed by atoms with E-state index >= 15 is 0 Å². The van der Waals surface area contributed by atoms with Gasteiger partial charge in [-0.2, -0.15) is 13.2 Å². The molecule has 0 unspecified atom stereocenters. The second-order valence-corrected chi connectivity index (χ2v) is 5.07. The third kappa shape index (κ3) is 2.53. The van der Waals surface area contributed by atoms with Gasteiger partial charge in [0.1, 0.15) is 6.54 Å². The number of nitro groups is 1. The molecule has 0 amide bonds. The number of hydrogen-bond acceptors (Lipinski definition) is 2. The van der Waals surface area contributed by atoms with Crippen molar-refractivity contribution in [2.45, 2.75) is 19.6 Å². The molecule has 0 atom stereocenters. The Kier molecular flexibility index (Phi) is 3.45. The van der Waals surface area contributed by atoms with Crippen LogP contribution in [0.1, 0.15) is 5.56 Å². The van der Waals surface area contributed by atoms with Gasteiger partial charge < -0.3 is 4.57 Å². The van der Waals surface area contributed by atoms with E-state index in [0.717, 1.165) is 4.57 Å². The van der Waals surface area contributed by atoms with Gasteiger partial charge in [-0.05, 0) is 41.1 Å². The summed E-state index contributed by atoms with van der Waals surface area (Å²) in [7, 11) is 0. The van der Waals surface area contributed by atoms with Crippen LogP contribution < -0.4 is 0 Å². The van der Waals surface area contributed by atoms with E-state index in [1.54, 1.807) is 29.5 Å². The molecule has 0 aliphatic carbocycles. The highest BCUT2D eigenvalue weighted by Crippen LogP contribution is 2.35. The zero-order valence-corrected chi connectivity index (χ0v) is 11.8. The molecule has 0 spiro atoms. The maximum atomic E-state index is 12.6. The van der Waals surface area contributed by atoms with Gasteiger partial charge in [0.2, 0.25) is 0 Å². The van der Waals surface area contributed by atoms with Crippen molar-refractivity contribution >= 4 is 39.2 Å². The van der Waals surface area contributed by atoms with E-state index in [1.807, 2.05) is 0 Å². The molecule has 0 aliphatic heterocycles. The number of halogens is 4. The maximum Gasteiger partial charge on any atom is 0.406 e. The average molecular weight is 384 g/mol. The highest BCUT2D eigenvalue weighted by molar-refractivity contribution is 14.1. The number of non-ortho nitro benzene ring substituents is 1. The fourth-order valence-corrected chi connectivity index (χ4v) is 2.73. The summed E-state index contributed by atoms with van der Waals surface area (Å²) in [5.41, 5.74) is 0.550. The lowest BCUT2D eigenvalue weighted by atomic mass is 10.1. The van der Waals surface area contributed by atoms with Crippen LogP contribution in [0.5, 0.6) is 0 Å². The van der Waals surface area contributed by atoms with E-state index in [2.05, 4.69) is 0 Å². The molecule has 19 heavy (non-hydrogen) atoms. The van der Waals surface area contributed by atoms with Crippen molar-refractivity contribution < 1.29 is 18.1 Å². The minimum absolute atomic E-state index is 0.172. The van der Waals surface area contributed by atoms with Crippen LogP contribution in [0.15, 0.2) is 18.2 Å². The first-order chi connectivity index (χ1) is 8.72. The summed E-state index contributed by atoms with van der Waals surface area (Å²) in [4.78, 5) is 10.4. The molecule has 0 bridgehead atoms. The summed E-state index contributed by atoms with van der Waals surface area (Å²) in [5.74, 6) is 0. The minimum Gasteiger partial charge on any atom is -0.326 e. The highest BCUT2D eigenvalue weighted by Gasteiger charge is 2.31. The van der Waals surface area contributed by atoms with Crippen LogP contribution >= 0.6 is 22.6 Å². The van der Waals surface area contributed by atoms with Crippen LogP contribution in [0.2, 0.25) is 0 Å². The number of nitrogens with zero attached hydrogens (tertiary/aromatic N) is 2.